The molecule has 4 rings (SSSR count). The van der Waals surface area contributed by atoms with Gasteiger partial charge in [0.1, 0.15) is 28.1 Å². The van der Waals surface area contributed by atoms with Gasteiger partial charge in [-0.1, -0.05) is 0 Å². The second-order valence-electron chi connectivity index (χ2n) is 7.15. The number of amides is 2. The Bertz CT molecular complexity index is 998. The zero-order valence-corrected chi connectivity index (χ0v) is 15.4. The van der Waals surface area contributed by atoms with Crippen LogP contribution in [0, 0.1) is 0 Å². The lowest BCUT2D eigenvalue weighted by Gasteiger charge is -2.38. The van der Waals surface area contributed by atoms with E-state index in [0.717, 1.165) is 22.6 Å². The second kappa shape index (κ2) is 6.46. The van der Waals surface area contributed by atoms with E-state index in [1.165, 1.54) is 0 Å². The van der Waals surface area contributed by atoms with Gasteiger partial charge in [-0.25, -0.2) is 4.79 Å². The van der Waals surface area contributed by atoms with Gasteiger partial charge in [-0.05, 0) is 44.2 Å². The first-order valence-corrected chi connectivity index (χ1v) is 8.68. The number of anilines is 1. The van der Waals surface area contributed by atoms with E-state index in [-0.39, 0.29) is 12.1 Å². The molecule has 1 aromatic heterocycles. The van der Waals surface area contributed by atoms with Gasteiger partial charge in [-0.15, -0.1) is 0 Å². The van der Waals surface area contributed by atoms with Crippen LogP contribution in [0.3, 0.4) is 0 Å². The molecule has 0 bridgehead atoms. The molecule has 140 valence electrons. The molecule has 0 radical (unpaired) electrons. The molecule has 0 unspecified atom stereocenters. The topological polar surface area (TPSA) is 101 Å². The van der Waals surface area contributed by atoms with E-state index in [1.807, 2.05) is 32.0 Å². The van der Waals surface area contributed by atoms with Gasteiger partial charge in [0.2, 0.25) is 0 Å². The molecule has 0 saturated carbocycles. The van der Waals surface area contributed by atoms with Crippen LogP contribution in [0.2, 0.25) is 0 Å². The van der Waals surface area contributed by atoms with E-state index in [4.69, 9.17) is 9.47 Å². The third-order valence-electron chi connectivity index (χ3n) is 4.56. The van der Waals surface area contributed by atoms with E-state index < -0.39 is 5.60 Å². The normalized spacial score (nSPS) is 17.7. The lowest BCUT2D eigenvalue weighted by molar-refractivity contribution is 0.0679. The van der Waals surface area contributed by atoms with Gasteiger partial charge in [-0.2, -0.15) is 15.4 Å². The maximum absolute atomic E-state index is 12.6. The lowest BCUT2D eigenvalue weighted by Crippen LogP contribution is -2.42. The van der Waals surface area contributed by atoms with Gasteiger partial charge >= 0.3 is 6.03 Å². The predicted molar refractivity (Wildman–Crippen MR) is 101 cm³/mol. The maximum Gasteiger partial charge on any atom is 0.319 e. The van der Waals surface area contributed by atoms with E-state index in [2.05, 4.69) is 26.0 Å². The molecule has 0 aliphatic carbocycles. The fraction of sp³-hybridized carbons (Fsp3) is 0.316. The first kappa shape index (κ1) is 17.1. The molecular formula is C19H21N5O3. The molecule has 2 aromatic carbocycles. The number of ether oxygens (including phenoxy) is 2. The monoisotopic (exact) mass is 367 g/mol. The number of fused-ring (bicyclic) bond motifs is 2. The van der Waals surface area contributed by atoms with Gasteiger partial charge in [-0.3, -0.25) is 0 Å². The number of H-pyrrole nitrogens is 1. The number of hydrogen-bond acceptors (Lipinski definition) is 5. The Morgan fingerprint density at radius 3 is 2.85 bits per heavy atom. The molecule has 3 aromatic rings. The average Bonchev–Trinajstić information content (AvgIpc) is 3.07. The van der Waals surface area contributed by atoms with Crippen molar-refractivity contribution in [3.05, 3.63) is 42.0 Å². The standard InChI is InChI=1S/C19H21N5O3/c1-19(2)10-16(13-6-5-12(26-3)9-17(13)27-19)21-18(25)20-11-4-7-14-15(8-11)23-24-22-14/h4-9,16H,10H2,1-3H3,(H2,20,21,25)(H,22,23,24)/t16-/m0/s1. The van der Waals surface area contributed by atoms with Crippen LogP contribution in [0.5, 0.6) is 11.5 Å². The van der Waals surface area contributed by atoms with Crippen molar-refractivity contribution in [3.63, 3.8) is 0 Å². The third kappa shape index (κ3) is 3.51. The van der Waals surface area contributed by atoms with Gasteiger partial charge in [0.15, 0.2) is 0 Å². The van der Waals surface area contributed by atoms with Crippen LogP contribution in [0.25, 0.3) is 11.0 Å². The highest BCUT2D eigenvalue weighted by molar-refractivity contribution is 5.92. The smallest absolute Gasteiger partial charge is 0.319 e. The number of nitrogens with zero attached hydrogens (tertiary/aromatic N) is 2. The number of carbonyl (C=O) groups excluding carboxylic acids is 1. The average molecular weight is 367 g/mol. The van der Waals surface area contributed by atoms with Crippen LogP contribution in [0.1, 0.15) is 31.9 Å². The highest BCUT2D eigenvalue weighted by atomic mass is 16.5. The number of nitrogens with one attached hydrogen (secondary N) is 3. The van der Waals surface area contributed by atoms with Crippen LogP contribution in [-0.2, 0) is 0 Å². The molecule has 0 spiro atoms. The van der Waals surface area contributed by atoms with Crippen molar-refractivity contribution in [2.45, 2.75) is 31.9 Å². The molecule has 8 heteroatoms. The molecule has 1 aliphatic heterocycles. The molecule has 0 fully saturated rings. The molecular weight excluding hydrogens is 346 g/mol. The SMILES string of the molecule is COc1ccc2c(c1)OC(C)(C)C[C@@H]2NC(=O)Nc1ccc2n[nH]nc2c1. The van der Waals surface area contributed by atoms with Crippen molar-refractivity contribution in [3.8, 4) is 11.5 Å². The number of carbonyl (C=O) groups is 1. The third-order valence-corrected chi connectivity index (χ3v) is 4.56. The molecule has 2 heterocycles. The minimum absolute atomic E-state index is 0.176. The zero-order valence-electron chi connectivity index (χ0n) is 15.4. The summed E-state index contributed by atoms with van der Waals surface area (Å²) in [7, 11) is 1.62. The van der Waals surface area contributed by atoms with Crippen molar-refractivity contribution in [1.82, 2.24) is 20.7 Å². The number of aromatic nitrogens is 3. The van der Waals surface area contributed by atoms with Crippen LogP contribution in [0.15, 0.2) is 36.4 Å². The van der Waals surface area contributed by atoms with Crippen molar-refractivity contribution >= 4 is 22.8 Å². The zero-order chi connectivity index (χ0) is 19.0. The number of rotatable bonds is 3. The van der Waals surface area contributed by atoms with Crippen LogP contribution < -0.4 is 20.1 Å². The van der Waals surface area contributed by atoms with E-state index in [9.17, 15) is 4.79 Å². The lowest BCUT2D eigenvalue weighted by atomic mass is 9.89. The summed E-state index contributed by atoms with van der Waals surface area (Å²) in [5, 5.41) is 16.5. The minimum Gasteiger partial charge on any atom is -0.497 e. The summed E-state index contributed by atoms with van der Waals surface area (Å²) in [6.45, 7) is 4.00. The first-order valence-electron chi connectivity index (χ1n) is 8.68. The van der Waals surface area contributed by atoms with Gasteiger partial charge in [0.25, 0.3) is 0 Å². The van der Waals surface area contributed by atoms with E-state index in [1.54, 1.807) is 25.3 Å². The molecule has 3 N–H and O–H groups in total. The largest absolute Gasteiger partial charge is 0.497 e. The summed E-state index contributed by atoms with van der Waals surface area (Å²) >= 11 is 0. The quantitative estimate of drug-likeness (QED) is 0.659. The van der Waals surface area contributed by atoms with Gasteiger partial charge in [0, 0.05) is 23.7 Å². The summed E-state index contributed by atoms with van der Waals surface area (Å²) in [5.41, 5.74) is 2.61. The van der Waals surface area contributed by atoms with Crippen molar-refractivity contribution in [2.75, 3.05) is 12.4 Å². The highest BCUT2D eigenvalue weighted by Crippen LogP contribution is 2.41. The second-order valence-corrected chi connectivity index (χ2v) is 7.15. The Balaban J connectivity index is 1.53. The summed E-state index contributed by atoms with van der Waals surface area (Å²) in [6.07, 6.45) is 0.655. The number of hydrogen-bond donors (Lipinski definition) is 3. The fourth-order valence-electron chi connectivity index (χ4n) is 3.33. The number of aromatic amines is 1. The van der Waals surface area contributed by atoms with Crippen LogP contribution in [0.4, 0.5) is 10.5 Å². The number of methoxy groups -OCH3 is 1. The fourth-order valence-corrected chi connectivity index (χ4v) is 3.33. The Kier molecular flexibility index (Phi) is 4.10. The predicted octanol–water partition coefficient (Wildman–Crippen LogP) is 3.39. The van der Waals surface area contributed by atoms with Gasteiger partial charge < -0.3 is 20.1 Å². The first-order chi connectivity index (χ1) is 12.9. The maximum atomic E-state index is 12.6. The van der Waals surface area contributed by atoms with Crippen LogP contribution in [-0.4, -0.2) is 34.2 Å². The summed E-state index contributed by atoms with van der Waals surface area (Å²) in [5.74, 6) is 1.44. The molecule has 8 nitrogen and oxygen atoms in total. The van der Waals surface area contributed by atoms with Crippen molar-refractivity contribution in [2.24, 2.45) is 0 Å². The summed E-state index contributed by atoms with van der Waals surface area (Å²) in [6, 6.07) is 10.5. The van der Waals surface area contributed by atoms with E-state index in [0.29, 0.717) is 17.6 Å². The Labute approximate surface area is 156 Å². The van der Waals surface area contributed by atoms with Crippen LogP contribution >= 0.6 is 0 Å². The molecule has 0 saturated heterocycles. The van der Waals surface area contributed by atoms with Crippen molar-refractivity contribution in [1.29, 1.82) is 0 Å². The number of benzene rings is 2. The van der Waals surface area contributed by atoms with Gasteiger partial charge in [0.05, 0.1) is 13.2 Å². The number of urea groups is 1. The Morgan fingerprint density at radius 2 is 2.04 bits per heavy atom. The summed E-state index contributed by atoms with van der Waals surface area (Å²) < 4.78 is 11.3. The summed E-state index contributed by atoms with van der Waals surface area (Å²) in [4.78, 5) is 12.6. The van der Waals surface area contributed by atoms with Crippen molar-refractivity contribution < 1.29 is 14.3 Å². The minimum atomic E-state index is -0.406. The highest BCUT2D eigenvalue weighted by Gasteiger charge is 2.34. The van der Waals surface area contributed by atoms with E-state index >= 15 is 0 Å². The molecule has 1 atom stereocenters. The molecule has 1 aliphatic rings. The molecule has 2 amide bonds. The molecule has 27 heavy (non-hydrogen) atoms. The Morgan fingerprint density at radius 1 is 1.22 bits per heavy atom. The Hall–Kier alpha value is -3.29.